The van der Waals surface area contributed by atoms with Crippen LogP contribution < -0.4 is 0 Å². The molecule has 29 heavy (non-hydrogen) atoms. The van der Waals surface area contributed by atoms with E-state index in [1.807, 2.05) is 91.9 Å². The first-order chi connectivity index (χ1) is 14.1. The second-order valence-corrected chi connectivity index (χ2v) is 8.01. The van der Waals surface area contributed by atoms with E-state index < -0.39 is 0 Å². The molecule has 1 aliphatic rings. The van der Waals surface area contributed by atoms with Crippen LogP contribution in [-0.2, 0) is 21.9 Å². The predicted octanol–water partition coefficient (Wildman–Crippen LogP) is 5.21. The van der Waals surface area contributed by atoms with Crippen molar-refractivity contribution in [1.29, 1.82) is 0 Å². The van der Waals surface area contributed by atoms with Crippen LogP contribution in [0.15, 0.2) is 89.8 Å². The summed E-state index contributed by atoms with van der Waals surface area (Å²) < 4.78 is 0. The summed E-state index contributed by atoms with van der Waals surface area (Å²) in [7, 11) is 0. The van der Waals surface area contributed by atoms with E-state index in [1.54, 1.807) is 0 Å². The maximum atomic E-state index is 13.2. The Morgan fingerprint density at radius 2 is 1.34 bits per heavy atom. The van der Waals surface area contributed by atoms with Crippen LogP contribution in [0.4, 0.5) is 0 Å². The number of hydrogen-bond donors (Lipinski definition) is 0. The van der Waals surface area contributed by atoms with E-state index in [9.17, 15) is 9.59 Å². The zero-order valence-electron chi connectivity index (χ0n) is 16.2. The Kier molecular flexibility index (Phi) is 5.63. The van der Waals surface area contributed by atoms with Gasteiger partial charge in [0.25, 0.3) is 11.8 Å². The van der Waals surface area contributed by atoms with E-state index in [-0.39, 0.29) is 18.4 Å². The van der Waals surface area contributed by atoms with Gasteiger partial charge >= 0.3 is 0 Å². The number of rotatable bonds is 6. The minimum Gasteiger partial charge on any atom is -0.269 e. The van der Waals surface area contributed by atoms with E-state index >= 15 is 0 Å². The lowest BCUT2D eigenvalue weighted by Gasteiger charge is -2.15. The molecule has 0 fully saturated rings. The SMILES string of the molecule is Cc1ccc(CN2C(=O)C(SCc3ccccc3)=C(c3ccccc3)C2=O)cc1. The molecule has 3 aromatic carbocycles. The van der Waals surface area contributed by atoms with Gasteiger partial charge in [0.2, 0.25) is 0 Å². The molecule has 0 unspecified atom stereocenters. The number of imide groups is 1. The van der Waals surface area contributed by atoms with E-state index in [1.165, 1.54) is 16.7 Å². The highest BCUT2D eigenvalue weighted by atomic mass is 32.2. The first kappa shape index (κ1) is 19.2. The van der Waals surface area contributed by atoms with Crippen molar-refractivity contribution in [3.63, 3.8) is 0 Å². The molecule has 1 heterocycles. The van der Waals surface area contributed by atoms with Crippen molar-refractivity contribution in [2.24, 2.45) is 0 Å². The Balaban J connectivity index is 1.65. The Hall–Kier alpha value is -3.11. The second-order valence-electron chi connectivity index (χ2n) is 7.03. The maximum absolute atomic E-state index is 13.2. The van der Waals surface area contributed by atoms with E-state index in [0.717, 1.165) is 22.3 Å². The summed E-state index contributed by atoms with van der Waals surface area (Å²) in [6, 6.07) is 27.4. The molecule has 1 aliphatic heterocycles. The van der Waals surface area contributed by atoms with Gasteiger partial charge < -0.3 is 0 Å². The van der Waals surface area contributed by atoms with Crippen LogP contribution in [-0.4, -0.2) is 16.7 Å². The van der Waals surface area contributed by atoms with Crippen LogP contribution in [0.2, 0.25) is 0 Å². The fraction of sp³-hybridized carbons (Fsp3) is 0.120. The molecule has 4 rings (SSSR count). The third kappa shape index (κ3) is 4.17. The van der Waals surface area contributed by atoms with Crippen molar-refractivity contribution < 1.29 is 9.59 Å². The fourth-order valence-corrected chi connectivity index (χ4v) is 4.38. The molecule has 0 saturated heterocycles. The van der Waals surface area contributed by atoms with Crippen LogP contribution in [0.25, 0.3) is 5.57 Å². The number of thioether (sulfide) groups is 1. The van der Waals surface area contributed by atoms with Gasteiger partial charge in [-0.15, -0.1) is 11.8 Å². The maximum Gasteiger partial charge on any atom is 0.268 e. The average Bonchev–Trinajstić information content (AvgIpc) is 2.99. The molecule has 3 nitrogen and oxygen atoms in total. The topological polar surface area (TPSA) is 37.4 Å². The molecule has 3 aromatic rings. The molecule has 0 bridgehead atoms. The van der Waals surface area contributed by atoms with Crippen molar-refractivity contribution in [2.75, 3.05) is 0 Å². The number of benzene rings is 3. The van der Waals surface area contributed by atoms with Crippen molar-refractivity contribution in [1.82, 2.24) is 4.90 Å². The molecule has 0 saturated carbocycles. The molecule has 4 heteroatoms. The highest BCUT2D eigenvalue weighted by Crippen LogP contribution is 2.38. The summed E-state index contributed by atoms with van der Waals surface area (Å²) in [6.07, 6.45) is 0. The van der Waals surface area contributed by atoms with Gasteiger partial charge in [0.05, 0.1) is 17.0 Å². The van der Waals surface area contributed by atoms with Crippen molar-refractivity contribution in [2.45, 2.75) is 19.2 Å². The third-order valence-corrected chi connectivity index (χ3v) is 6.02. The molecular weight excluding hydrogens is 378 g/mol. The smallest absolute Gasteiger partial charge is 0.268 e. The van der Waals surface area contributed by atoms with Crippen LogP contribution in [0.1, 0.15) is 22.3 Å². The monoisotopic (exact) mass is 399 g/mol. The lowest BCUT2D eigenvalue weighted by atomic mass is 10.1. The number of aryl methyl sites for hydroxylation is 1. The Labute approximate surface area is 175 Å². The average molecular weight is 400 g/mol. The molecule has 0 radical (unpaired) electrons. The van der Waals surface area contributed by atoms with Crippen molar-refractivity contribution >= 4 is 29.1 Å². The lowest BCUT2D eigenvalue weighted by Crippen LogP contribution is -2.30. The molecule has 2 amide bonds. The van der Waals surface area contributed by atoms with Crippen molar-refractivity contribution in [3.8, 4) is 0 Å². The molecular formula is C25H21NO2S. The summed E-state index contributed by atoms with van der Waals surface area (Å²) >= 11 is 1.44. The molecule has 144 valence electrons. The highest BCUT2D eigenvalue weighted by Gasteiger charge is 2.39. The number of hydrogen-bond acceptors (Lipinski definition) is 3. The first-order valence-corrected chi connectivity index (χ1v) is 10.5. The molecule has 0 N–H and O–H groups in total. The number of carbonyl (C=O) groups excluding carboxylic acids is 2. The second kappa shape index (κ2) is 8.50. The van der Waals surface area contributed by atoms with E-state index in [4.69, 9.17) is 0 Å². The molecule has 0 atom stereocenters. The Morgan fingerprint density at radius 1 is 0.724 bits per heavy atom. The van der Waals surface area contributed by atoms with Crippen molar-refractivity contribution in [3.05, 3.63) is 112 Å². The van der Waals surface area contributed by atoms with E-state index in [2.05, 4.69) is 0 Å². The van der Waals surface area contributed by atoms with Gasteiger partial charge in [-0.05, 0) is 23.6 Å². The van der Waals surface area contributed by atoms with Gasteiger partial charge in [-0.2, -0.15) is 0 Å². The Bertz CT molecular complexity index is 1060. The summed E-state index contributed by atoms with van der Waals surface area (Å²) in [5.74, 6) is 0.205. The predicted molar refractivity (Wildman–Crippen MR) is 118 cm³/mol. The Morgan fingerprint density at radius 3 is 2.00 bits per heavy atom. The normalized spacial score (nSPS) is 14.0. The minimum absolute atomic E-state index is 0.213. The summed E-state index contributed by atoms with van der Waals surface area (Å²) in [6.45, 7) is 2.30. The van der Waals surface area contributed by atoms with Gasteiger partial charge in [0, 0.05) is 5.75 Å². The molecule has 0 aliphatic carbocycles. The van der Waals surface area contributed by atoms with Gasteiger partial charge in [0.1, 0.15) is 0 Å². The summed E-state index contributed by atoms with van der Waals surface area (Å²) in [5, 5.41) is 0. The summed E-state index contributed by atoms with van der Waals surface area (Å²) in [4.78, 5) is 28.3. The van der Waals surface area contributed by atoms with Crippen LogP contribution in [0, 0.1) is 6.92 Å². The van der Waals surface area contributed by atoms with Crippen LogP contribution >= 0.6 is 11.8 Å². The molecule has 0 spiro atoms. The fourth-order valence-electron chi connectivity index (χ4n) is 3.30. The number of amides is 2. The van der Waals surface area contributed by atoms with Gasteiger partial charge in [-0.3, -0.25) is 14.5 Å². The molecule has 0 aromatic heterocycles. The standard InChI is InChI=1S/C25H21NO2S/c1-18-12-14-19(15-13-18)16-26-24(27)22(21-10-6-3-7-11-21)23(25(26)28)29-17-20-8-4-2-5-9-20/h2-15H,16-17H2,1H3. The quantitative estimate of drug-likeness (QED) is 0.534. The summed E-state index contributed by atoms with van der Waals surface area (Å²) in [5.41, 5.74) is 4.50. The van der Waals surface area contributed by atoms with Crippen LogP contribution in [0.3, 0.4) is 0 Å². The first-order valence-electron chi connectivity index (χ1n) is 9.51. The minimum atomic E-state index is -0.225. The van der Waals surface area contributed by atoms with Crippen LogP contribution in [0.5, 0.6) is 0 Å². The largest absolute Gasteiger partial charge is 0.269 e. The van der Waals surface area contributed by atoms with Gasteiger partial charge in [-0.1, -0.05) is 90.5 Å². The number of carbonyl (C=O) groups is 2. The zero-order chi connectivity index (χ0) is 20.2. The van der Waals surface area contributed by atoms with E-state index in [0.29, 0.717) is 16.2 Å². The van der Waals surface area contributed by atoms with Gasteiger partial charge in [0.15, 0.2) is 0 Å². The lowest BCUT2D eigenvalue weighted by molar-refractivity contribution is -0.137. The zero-order valence-corrected chi connectivity index (χ0v) is 17.0. The number of nitrogens with zero attached hydrogens (tertiary/aromatic N) is 1. The highest BCUT2D eigenvalue weighted by molar-refractivity contribution is 8.03. The third-order valence-electron chi connectivity index (χ3n) is 4.88. The van der Waals surface area contributed by atoms with Gasteiger partial charge in [-0.25, -0.2) is 0 Å².